The molecule has 59 heavy (non-hydrogen) atoms. The van der Waals surface area contributed by atoms with Crippen molar-refractivity contribution in [3.63, 3.8) is 0 Å². The Kier molecular flexibility index (Phi) is 10.3. The van der Waals surface area contributed by atoms with E-state index in [0.29, 0.717) is 11.4 Å². The Morgan fingerprint density at radius 2 is 0.983 bits per heavy atom. The minimum absolute atomic E-state index is 0.0287. The zero-order chi connectivity index (χ0) is 42.6. The first-order valence-corrected chi connectivity index (χ1v) is 21.4. The van der Waals surface area contributed by atoms with E-state index in [4.69, 9.17) is 4.52 Å². The molecule has 0 fully saturated rings. The highest BCUT2D eigenvalue weighted by molar-refractivity contribution is 7.86. The highest BCUT2D eigenvalue weighted by atomic mass is 32.2. The van der Waals surface area contributed by atoms with Crippen LogP contribution in [0.4, 0.5) is 45.5 Å². The molecule has 0 atom stereocenters. The molecule has 0 bridgehead atoms. The first-order valence-electron chi connectivity index (χ1n) is 16.9. The standard InChI is InChI=1S/C37H30N7O12PS2/c1-18(45)38-22-4-8-26-20(12-22)14-32(58(50,51)52)34(36(26)47)43-41-24-6-10-28-30(16-24)57(49,56-3)31-17-25(7-11-29(31)40-28)42-44-35-33(59(53,54)55)15-21-13-23(39-19(2)46)5-9-27(21)37(35)48/h4-17,40,47-48H,1-3H3,(H,38,45)(H,39,46)(H,50,51,52)(H,53,54,55). The van der Waals surface area contributed by atoms with Gasteiger partial charge in [0.05, 0.1) is 44.7 Å². The summed E-state index contributed by atoms with van der Waals surface area (Å²) in [6, 6.07) is 19.3. The highest BCUT2D eigenvalue weighted by Crippen LogP contribution is 2.53. The minimum Gasteiger partial charge on any atom is -0.505 e. The molecule has 19 nitrogen and oxygen atoms in total. The van der Waals surface area contributed by atoms with Crippen molar-refractivity contribution in [1.29, 1.82) is 0 Å². The number of rotatable bonds is 9. The third kappa shape index (κ3) is 7.85. The van der Waals surface area contributed by atoms with Crippen molar-refractivity contribution in [2.24, 2.45) is 30.4 Å². The maximum atomic E-state index is 14.7. The average molecular weight is 860 g/mol. The van der Waals surface area contributed by atoms with Gasteiger partial charge in [-0.25, -0.2) is 9.98 Å². The van der Waals surface area contributed by atoms with E-state index in [-0.39, 0.29) is 66.7 Å². The van der Waals surface area contributed by atoms with Gasteiger partial charge >= 0.3 is 0 Å². The van der Waals surface area contributed by atoms with Crippen LogP contribution in [0.1, 0.15) is 13.8 Å². The zero-order valence-electron chi connectivity index (χ0n) is 30.7. The lowest BCUT2D eigenvalue weighted by Gasteiger charge is -2.28. The number of nitrogens with zero attached hydrogens (tertiary/aromatic N) is 6. The third-order valence-corrected chi connectivity index (χ3v) is 13.1. The molecule has 7 N–H and O–H groups in total. The number of aliphatic imine (C=N–C) groups is 2. The van der Waals surface area contributed by atoms with Crippen LogP contribution in [-0.4, -0.2) is 65.3 Å². The van der Waals surface area contributed by atoms with Crippen LogP contribution in [0.25, 0.3) is 21.5 Å². The van der Waals surface area contributed by atoms with Gasteiger partial charge in [0.2, 0.25) is 0 Å². The van der Waals surface area contributed by atoms with Crippen molar-refractivity contribution < 1.29 is 55.5 Å². The molecule has 1 aliphatic rings. The topological polar surface area (TPSA) is 302 Å². The number of hydrogen-bond acceptors (Lipinski definition) is 15. The Balaban J connectivity index is 1.26. The second kappa shape index (κ2) is 15.0. The number of benzene rings is 6. The maximum Gasteiger partial charge on any atom is 0.296 e. The largest absolute Gasteiger partial charge is 0.505 e. The van der Waals surface area contributed by atoms with Gasteiger partial charge in [-0.15, -0.1) is 10.2 Å². The fraction of sp³-hybridized carbons (Fsp3) is 0.0811. The number of phenols is 2. The third-order valence-electron chi connectivity index (χ3n) is 8.86. The lowest BCUT2D eigenvalue weighted by molar-refractivity contribution is 0.412. The molecule has 6 aromatic carbocycles. The van der Waals surface area contributed by atoms with Crippen molar-refractivity contribution >= 4 is 117 Å². The van der Waals surface area contributed by atoms with E-state index >= 15 is 0 Å². The number of anilines is 2. The van der Waals surface area contributed by atoms with Gasteiger partial charge in [-0.2, -0.15) is 27.1 Å². The molecule has 0 spiro atoms. The van der Waals surface area contributed by atoms with Crippen LogP contribution in [0.3, 0.4) is 0 Å². The van der Waals surface area contributed by atoms with Crippen LogP contribution in [0.5, 0.6) is 11.5 Å². The quantitative estimate of drug-likeness (QED) is 0.0235. The van der Waals surface area contributed by atoms with Crippen molar-refractivity contribution in [2.75, 3.05) is 12.4 Å². The van der Waals surface area contributed by atoms with E-state index in [1.165, 1.54) is 93.8 Å². The molecular weight excluding hydrogens is 830 g/mol. The lowest BCUT2D eigenvalue weighted by atomic mass is 10.1. The van der Waals surface area contributed by atoms with E-state index in [0.717, 1.165) is 12.1 Å². The van der Waals surface area contributed by atoms with E-state index < -0.39 is 60.3 Å². The number of nitrogens with one attached hydrogen (secondary N) is 1. The summed E-state index contributed by atoms with van der Waals surface area (Å²) in [4.78, 5) is 6.25. The maximum absolute atomic E-state index is 14.7. The molecular formula is C37H30N7O12PS2. The monoisotopic (exact) mass is 859 g/mol. The predicted octanol–water partition coefficient (Wildman–Crippen LogP) is 8.88. The van der Waals surface area contributed by atoms with Gasteiger partial charge in [0.1, 0.15) is 21.2 Å². The summed E-state index contributed by atoms with van der Waals surface area (Å²) in [7, 11) is -12.7. The van der Waals surface area contributed by atoms with Crippen molar-refractivity contribution in [3.05, 3.63) is 84.9 Å². The van der Waals surface area contributed by atoms with Gasteiger partial charge < -0.3 is 30.3 Å². The van der Waals surface area contributed by atoms with E-state index in [1.54, 1.807) is 0 Å². The number of phenolic OH excluding ortho intramolecular Hbond substituents is 2. The number of aromatic hydroxyl groups is 2. The number of fused-ring (bicyclic) bond motifs is 4. The minimum atomic E-state index is -4.97. The van der Waals surface area contributed by atoms with E-state index in [9.17, 15) is 50.9 Å². The summed E-state index contributed by atoms with van der Waals surface area (Å²) >= 11 is 0. The van der Waals surface area contributed by atoms with Crippen LogP contribution < -0.4 is 15.9 Å². The summed E-state index contributed by atoms with van der Waals surface area (Å²) < 4.78 is 90.1. The van der Waals surface area contributed by atoms with Crippen LogP contribution in [0.2, 0.25) is 0 Å². The van der Waals surface area contributed by atoms with Crippen LogP contribution in [-0.2, 0) is 29.3 Å². The molecule has 0 saturated carbocycles. The number of hydrogen-bond donors (Lipinski definition) is 7. The van der Waals surface area contributed by atoms with Gasteiger partial charge in [0.25, 0.3) is 27.6 Å². The lowest BCUT2D eigenvalue weighted by Crippen LogP contribution is -2.27. The fourth-order valence-electron chi connectivity index (χ4n) is 6.33. The van der Waals surface area contributed by atoms with Gasteiger partial charge in [-0.1, -0.05) is 0 Å². The van der Waals surface area contributed by atoms with Crippen LogP contribution in [0.15, 0.2) is 125 Å². The molecule has 22 heteroatoms. The average Bonchev–Trinajstić information content (AvgIpc) is 3.16. The second-order valence-electron chi connectivity index (χ2n) is 12.9. The highest BCUT2D eigenvalue weighted by Gasteiger charge is 2.37. The molecule has 0 unspecified atom stereocenters. The molecule has 0 aromatic heterocycles. The molecule has 302 valence electrons. The van der Waals surface area contributed by atoms with Crippen molar-refractivity contribution in [3.8, 4) is 11.5 Å². The Morgan fingerprint density at radius 1 is 0.593 bits per heavy atom. The molecule has 0 amide bonds. The SMILES string of the molecule is COP1(=O)c2cc(N=Nc3c(S(=O)(=O)O)cc4cc(N=C(C)O)ccc4c3O)ccc2Nc2ccc(N=Nc3c(S(=O)(=O)O)cc4cc(N=C(C)O)ccc4c3O)cc21. The smallest absolute Gasteiger partial charge is 0.296 e. The normalized spacial score (nSPS) is 16.2. The van der Waals surface area contributed by atoms with E-state index in [1.807, 2.05) is 0 Å². The fourth-order valence-corrected chi connectivity index (χ4v) is 9.80. The zero-order valence-corrected chi connectivity index (χ0v) is 33.2. The van der Waals surface area contributed by atoms with Crippen LogP contribution >= 0.6 is 7.37 Å². The number of aliphatic hydroxyl groups excluding tert-OH is 2. The first-order chi connectivity index (χ1) is 27.8. The molecule has 0 radical (unpaired) electrons. The van der Waals surface area contributed by atoms with Gasteiger partial charge in [0, 0.05) is 31.7 Å². The molecule has 1 heterocycles. The number of azo groups is 2. The molecule has 6 aromatic rings. The summed E-state index contributed by atoms with van der Waals surface area (Å²) in [5.74, 6) is -1.80. The Bertz CT molecular complexity index is 2980. The van der Waals surface area contributed by atoms with Crippen molar-refractivity contribution in [2.45, 2.75) is 23.6 Å². The Morgan fingerprint density at radius 3 is 1.34 bits per heavy atom. The molecule has 7 rings (SSSR count). The number of aliphatic hydroxyl groups is 2. The van der Waals surface area contributed by atoms with Crippen LogP contribution in [0, 0.1) is 0 Å². The Hall–Kier alpha value is -6.61. The van der Waals surface area contributed by atoms with Crippen molar-refractivity contribution in [1.82, 2.24) is 0 Å². The van der Waals surface area contributed by atoms with Gasteiger partial charge in [-0.05, 0) is 95.7 Å². The summed E-state index contributed by atoms with van der Waals surface area (Å²) in [6.45, 7) is 2.67. The van der Waals surface area contributed by atoms with Gasteiger partial charge in [0.15, 0.2) is 23.3 Å². The summed E-state index contributed by atoms with van der Waals surface area (Å²) in [6.07, 6.45) is 0. The first kappa shape index (κ1) is 40.6. The second-order valence-corrected chi connectivity index (χ2v) is 18.1. The molecule has 0 aliphatic carbocycles. The van der Waals surface area contributed by atoms with E-state index in [2.05, 4.69) is 35.8 Å². The predicted molar refractivity (Wildman–Crippen MR) is 220 cm³/mol. The van der Waals surface area contributed by atoms with Gasteiger partial charge in [-0.3, -0.25) is 13.7 Å². The molecule has 0 saturated heterocycles. The summed E-state index contributed by atoms with van der Waals surface area (Å²) in [5, 5.41) is 61.2. The molecule has 1 aliphatic heterocycles. The summed E-state index contributed by atoms with van der Waals surface area (Å²) in [5.41, 5.74) is 0.0545. The Labute approximate surface area is 334 Å².